The van der Waals surface area contributed by atoms with E-state index in [0.29, 0.717) is 80.6 Å². The molecule has 582 valence electrons. The zero-order valence-electron chi connectivity index (χ0n) is 64.0. The number of anilines is 5. The zero-order chi connectivity index (χ0) is 77.4. The molecule has 8 N–H and O–H groups in total. The molecule has 0 radical (unpaired) electrons. The van der Waals surface area contributed by atoms with Gasteiger partial charge in [0.15, 0.2) is 0 Å². The van der Waals surface area contributed by atoms with Gasteiger partial charge in [-0.2, -0.15) is 0 Å². The van der Waals surface area contributed by atoms with Crippen LogP contribution in [-0.4, -0.2) is 230 Å². The average Bonchev–Trinajstić information content (AvgIpc) is 0.887. The average molecular weight is 1620 g/mol. The summed E-state index contributed by atoms with van der Waals surface area (Å²) < 4.78 is 35.3. The first kappa shape index (κ1) is 96.4. The molecule has 5 aromatic carbocycles. The topological polar surface area (TPSA) is 233 Å². The fourth-order valence-corrected chi connectivity index (χ4v) is 10.3. The molecular weight excluding hydrogens is 1500 g/mol. The lowest BCUT2D eigenvalue weighted by Crippen LogP contribution is -2.42. The molecule has 0 aliphatic carbocycles. The molecule has 0 spiro atoms. The van der Waals surface area contributed by atoms with Gasteiger partial charge in [0.25, 0.3) is 0 Å². The molecule has 8 unspecified atom stereocenters. The molecule has 24 heteroatoms. The summed E-state index contributed by atoms with van der Waals surface area (Å²) in [6.45, 7) is 42.9. The Kier molecular flexibility index (Phi) is 48.0. The van der Waals surface area contributed by atoms with E-state index in [4.69, 9.17) is 63.2 Å². The van der Waals surface area contributed by atoms with Crippen molar-refractivity contribution in [1.82, 2.24) is 0 Å². The van der Waals surface area contributed by atoms with Gasteiger partial charge in [-0.05, 0) is 246 Å². The van der Waals surface area contributed by atoms with Crippen molar-refractivity contribution in [3.8, 4) is 0 Å². The third kappa shape index (κ3) is 48.5. The number of aliphatic hydroxyl groups excluding tert-OH is 8. The molecule has 0 aliphatic heterocycles. The third-order valence-electron chi connectivity index (χ3n) is 14.1. The van der Waals surface area contributed by atoms with Gasteiger partial charge in [-0.1, -0.05) is 66.7 Å². The van der Waals surface area contributed by atoms with E-state index >= 15 is 0 Å². The minimum atomic E-state index is -0.680. The number of hydrogen-bond donors (Lipinski definition) is 8. The summed E-state index contributed by atoms with van der Waals surface area (Å²) in [5.74, 6) is 0. The molecule has 19 nitrogen and oxygen atoms in total. The van der Waals surface area contributed by atoms with Crippen molar-refractivity contribution in [1.29, 1.82) is 0 Å². The lowest BCUT2D eigenvalue weighted by atomic mass is 10.2. The van der Waals surface area contributed by atoms with Crippen molar-refractivity contribution in [2.45, 2.75) is 196 Å². The number of benzene rings is 5. The normalized spacial score (nSPS) is 14.1. The van der Waals surface area contributed by atoms with Crippen LogP contribution in [0.1, 0.15) is 125 Å². The lowest BCUT2D eigenvalue weighted by Gasteiger charge is -2.31. The van der Waals surface area contributed by atoms with Crippen LogP contribution in [0.4, 0.5) is 28.4 Å². The lowest BCUT2D eigenvalue weighted by molar-refractivity contribution is -0.0517. The van der Waals surface area contributed by atoms with E-state index in [0.717, 1.165) is 44.8 Å². The Labute approximate surface area is 644 Å². The maximum absolute atomic E-state index is 10.4. The summed E-state index contributed by atoms with van der Waals surface area (Å²) in [6.07, 6.45) is -4.81. The van der Waals surface area contributed by atoms with E-state index in [1.807, 2.05) is 177 Å². The minimum absolute atomic E-state index is 0.224. The first-order chi connectivity index (χ1) is 47.5. The number of aliphatic hydroxyl groups is 8. The van der Waals surface area contributed by atoms with Crippen LogP contribution in [0.3, 0.4) is 0 Å². The highest BCUT2D eigenvalue weighted by atomic mass is 79.9. The number of nitrogens with zero attached hydrogens (tertiary/aromatic N) is 5. The number of rotatable bonds is 37. The number of halogens is 5. The highest BCUT2D eigenvalue weighted by Crippen LogP contribution is 2.25. The van der Waals surface area contributed by atoms with Gasteiger partial charge < -0.3 is 93.8 Å². The molecule has 0 saturated carbocycles. The van der Waals surface area contributed by atoms with E-state index in [1.54, 1.807) is 50.2 Å². The van der Waals surface area contributed by atoms with Crippen LogP contribution >= 0.6 is 66.7 Å². The van der Waals surface area contributed by atoms with E-state index in [1.165, 1.54) is 5.69 Å². The van der Waals surface area contributed by atoms with Crippen LogP contribution in [0, 0.1) is 0 Å². The van der Waals surface area contributed by atoms with Crippen LogP contribution in [0.25, 0.3) is 0 Å². The predicted molar refractivity (Wildman–Crippen MR) is 430 cm³/mol. The van der Waals surface area contributed by atoms with Gasteiger partial charge >= 0.3 is 0 Å². The molecule has 0 heterocycles. The van der Waals surface area contributed by atoms with Gasteiger partial charge in [-0.25, -0.2) is 0 Å². The van der Waals surface area contributed by atoms with Crippen LogP contribution in [0.5, 0.6) is 0 Å². The molecule has 5 aromatic rings. The summed E-state index contributed by atoms with van der Waals surface area (Å²) >= 11 is 24.5. The van der Waals surface area contributed by atoms with Crippen LogP contribution < -0.4 is 24.5 Å². The van der Waals surface area contributed by atoms with Crippen molar-refractivity contribution >= 4 is 95.1 Å². The maximum Gasteiger partial charge on any atom is 0.0948 e. The van der Waals surface area contributed by atoms with Crippen molar-refractivity contribution in [2.24, 2.45) is 0 Å². The fourth-order valence-electron chi connectivity index (χ4n) is 9.36. The van der Waals surface area contributed by atoms with Gasteiger partial charge in [-0.15, -0.1) is 0 Å². The smallest absolute Gasteiger partial charge is 0.0948 e. The van der Waals surface area contributed by atoms with Crippen molar-refractivity contribution in [3.63, 3.8) is 0 Å². The van der Waals surface area contributed by atoms with Gasteiger partial charge in [-0.3, -0.25) is 0 Å². The number of hydrogen-bond acceptors (Lipinski definition) is 19. The Hall–Kier alpha value is -3.63. The highest BCUT2D eigenvalue weighted by Gasteiger charge is 2.24. The van der Waals surface area contributed by atoms with Crippen molar-refractivity contribution in [3.05, 3.63) is 145 Å². The Morgan fingerprint density at radius 1 is 0.304 bits per heavy atom. The maximum atomic E-state index is 10.4. The summed E-state index contributed by atoms with van der Waals surface area (Å²) in [5, 5.41) is 82.4. The van der Waals surface area contributed by atoms with Gasteiger partial charge in [0.2, 0.25) is 0 Å². The molecule has 5 rings (SSSR count). The second-order valence-corrected chi connectivity index (χ2v) is 31.9. The molecule has 8 atom stereocenters. The Bertz CT molecular complexity index is 2710. The van der Waals surface area contributed by atoms with Gasteiger partial charge in [0, 0.05) is 131 Å². The predicted octanol–water partition coefficient (Wildman–Crippen LogP) is 14.3. The summed E-state index contributed by atoms with van der Waals surface area (Å²) in [5.41, 5.74) is 3.70. The Morgan fingerprint density at radius 3 is 0.676 bits per heavy atom. The Balaban J connectivity index is 0.000000652. The SMILES string of the molecule is CC(C)(C)OCC(O)CN(CC(O)COC(C)(C)C)c1ccc(Br)cc1.CC(C)(C)OCC(O)CN(CC(O)COC(C)(C)C)c1ccc(Cl)cc1.CC(O)CN(CC(C)O)c1ccc(Cl)cc1.CCN(CC)c1ccc(Br)cc1.CCOCC(O)CN(CC(O)COCC)c1ccc(Cl)cc1. The Morgan fingerprint density at radius 2 is 0.490 bits per heavy atom. The molecule has 0 amide bonds. The van der Waals surface area contributed by atoms with Gasteiger partial charge in [0.1, 0.15) is 0 Å². The van der Waals surface area contributed by atoms with E-state index in [-0.39, 0.29) is 62.0 Å². The van der Waals surface area contributed by atoms with Crippen molar-refractivity contribution in [2.75, 3.05) is 143 Å². The number of ether oxygens (including phenoxy) is 6. The fraction of sp³-hybridized carbons (Fsp3) is 0.615. The first-order valence-electron chi connectivity index (χ1n) is 35.2. The van der Waals surface area contributed by atoms with E-state index in [9.17, 15) is 40.9 Å². The van der Waals surface area contributed by atoms with E-state index in [2.05, 4.69) is 74.9 Å². The summed E-state index contributed by atoms with van der Waals surface area (Å²) in [4.78, 5) is 10.0. The second-order valence-electron chi connectivity index (χ2n) is 28.8. The molecule has 0 aliphatic rings. The van der Waals surface area contributed by atoms with E-state index < -0.39 is 48.8 Å². The quantitative estimate of drug-likeness (QED) is 0.0185. The molecule has 0 fully saturated rings. The third-order valence-corrected chi connectivity index (χ3v) is 16.0. The second kappa shape index (κ2) is 50.8. The van der Waals surface area contributed by atoms with Crippen molar-refractivity contribution < 1.29 is 69.3 Å². The minimum Gasteiger partial charge on any atom is -0.392 e. The van der Waals surface area contributed by atoms with Crippen LogP contribution in [-0.2, 0) is 28.4 Å². The summed E-state index contributed by atoms with van der Waals surface area (Å²) in [6, 6.07) is 38.2. The molecule has 0 bridgehead atoms. The highest BCUT2D eigenvalue weighted by molar-refractivity contribution is 9.10. The molecule has 102 heavy (non-hydrogen) atoms. The monoisotopic (exact) mass is 1620 g/mol. The largest absolute Gasteiger partial charge is 0.392 e. The summed E-state index contributed by atoms with van der Waals surface area (Å²) in [7, 11) is 0. The van der Waals surface area contributed by atoms with Crippen LogP contribution in [0.15, 0.2) is 130 Å². The first-order valence-corrected chi connectivity index (χ1v) is 37.9. The molecule has 0 saturated heterocycles. The van der Waals surface area contributed by atoms with Gasteiger partial charge in [0.05, 0.1) is 111 Å². The standard InChI is InChI=1S/C20H34BrNO4.C20H34ClNO4.C16H26ClNO4.C12H18ClNO2.C10H14BrN/c2*1-19(2,3)25-13-17(23)11-22(16-9-7-15(21)8-10-16)12-18(24)14-26-20(4,5)6;1-3-21-11-15(19)9-18(10-16(20)12-22-4-2)14-7-5-13(17)6-8-14;1-9(15)7-14(8-10(2)16)12-5-3-11(13)4-6-12;1-3-12(4-2)10-7-5-9(11)6-8-10/h2*7-10,17-18,23-24H,11-14H2,1-6H3;5-8,15-16,19-20H,3-4,9-12H2,1-2H3;3-6,9-10,15-16H,7-8H2,1-2H3;5-8H,3-4H2,1-2H3. The zero-order valence-corrected chi connectivity index (χ0v) is 69.5. The molecule has 0 aromatic heterocycles. The molecular formula is C78H126Br2Cl3N5O14. The van der Waals surface area contributed by atoms with Crippen LogP contribution in [0.2, 0.25) is 15.1 Å².